The molecule has 9 aromatic carbocycles. The van der Waals surface area contributed by atoms with Crippen LogP contribution in [0.15, 0.2) is 188 Å². The van der Waals surface area contributed by atoms with Crippen LogP contribution in [0.2, 0.25) is 0 Å². The van der Waals surface area contributed by atoms with Gasteiger partial charge in [0.1, 0.15) is 0 Å². The first kappa shape index (κ1) is 30.4. The van der Waals surface area contributed by atoms with Crippen molar-refractivity contribution >= 4 is 49.4 Å². The van der Waals surface area contributed by atoms with Crippen molar-refractivity contribution in [3.63, 3.8) is 0 Å². The van der Waals surface area contributed by atoms with Crippen LogP contribution in [0, 0.1) is 0 Å². The monoisotopic (exact) mass is 663 g/mol. The summed E-state index contributed by atoms with van der Waals surface area (Å²) in [5.41, 5.74) is 13.5. The first-order valence-corrected chi connectivity index (χ1v) is 18.2. The Bertz CT molecular complexity index is 2800. The molecule has 0 unspecified atom stereocenters. The molecule has 1 aliphatic rings. The maximum absolute atomic E-state index is 2.51. The highest BCUT2D eigenvalue weighted by Gasteiger charge is 2.40. The van der Waals surface area contributed by atoms with Gasteiger partial charge in [-0.2, -0.15) is 0 Å². The number of para-hydroxylation sites is 1. The van der Waals surface area contributed by atoms with E-state index < -0.39 is 0 Å². The van der Waals surface area contributed by atoms with Crippen molar-refractivity contribution in [2.24, 2.45) is 0 Å². The van der Waals surface area contributed by atoms with Crippen molar-refractivity contribution in [1.82, 2.24) is 0 Å². The fraction of sp³-hybridized carbons (Fsp3) is 0.0588. The second-order valence-electron chi connectivity index (χ2n) is 14.5. The molecule has 1 aliphatic carbocycles. The molecule has 0 radical (unpaired) electrons. The van der Waals surface area contributed by atoms with Gasteiger partial charge in [-0.15, -0.1) is 0 Å². The van der Waals surface area contributed by atoms with E-state index in [1.165, 1.54) is 82.5 Å². The first-order chi connectivity index (χ1) is 25.6. The molecular formula is C51H37N. The number of hydrogen-bond acceptors (Lipinski definition) is 1. The number of rotatable bonds is 5. The first-order valence-electron chi connectivity index (χ1n) is 18.2. The second-order valence-corrected chi connectivity index (χ2v) is 14.5. The molecule has 0 saturated carbocycles. The summed E-state index contributed by atoms with van der Waals surface area (Å²) in [7, 11) is 0. The van der Waals surface area contributed by atoms with Crippen LogP contribution in [0.3, 0.4) is 0 Å². The van der Waals surface area contributed by atoms with Gasteiger partial charge in [-0.25, -0.2) is 0 Å². The Morgan fingerprint density at radius 1 is 0.365 bits per heavy atom. The summed E-state index contributed by atoms with van der Waals surface area (Å²) in [5.74, 6) is 0. The van der Waals surface area contributed by atoms with Crippen LogP contribution in [0.1, 0.15) is 25.0 Å². The molecule has 0 fully saturated rings. The summed E-state index contributed by atoms with van der Waals surface area (Å²) >= 11 is 0. The molecule has 0 saturated heterocycles. The molecule has 0 spiro atoms. The van der Waals surface area contributed by atoms with E-state index in [1.54, 1.807) is 0 Å². The Morgan fingerprint density at radius 3 is 1.52 bits per heavy atom. The minimum atomic E-state index is -0.241. The molecule has 0 heterocycles. The van der Waals surface area contributed by atoms with Gasteiger partial charge in [-0.1, -0.05) is 172 Å². The molecule has 0 aliphatic heterocycles. The number of hydrogen-bond donors (Lipinski definition) is 0. The molecule has 0 N–H and O–H groups in total. The third-order valence-electron chi connectivity index (χ3n) is 11.2. The average Bonchev–Trinajstić information content (AvgIpc) is 3.46. The van der Waals surface area contributed by atoms with E-state index in [2.05, 4.69) is 207 Å². The van der Waals surface area contributed by atoms with E-state index in [-0.39, 0.29) is 5.41 Å². The molecule has 0 atom stereocenters. The zero-order chi connectivity index (χ0) is 34.8. The number of anilines is 3. The predicted molar refractivity (Wildman–Crippen MR) is 222 cm³/mol. The normalized spacial score (nSPS) is 13.0. The van der Waals surface area contributed by atoms with Crippen molar-refractivity contribution in [2.45, 2.75) is 19.3 Å². The highest BCUT2D eigenvalue weighted by atomic mass is 15.1. The second kappa shape index (κ2) is 11.8. The number of fused-ring (bicyclic) bond motifs is 10. The summed E-state index contributed by atoms with van der Waals surface area (Å²) in [5, 5.41) is 7.81. The van der Waals surface area contributed by atoms with Gasteiger partial charge in [0.15, 0.2) is 0 Å². The van der Waals surface area contributed by atoms with Gasteiger partial charge in [-0.3, -0.25) is 0 Å². The molecular weight excluding hydrogens is 627 g/mol. The largest absolute Gasteiger partial charge is 0.309 e. The molecule has 0 amide bonds. The van der Waals surface area contributed by atoms with Crippen molar-refractivity contribution in [2.75, 3.05) is 4.90 Å². The smallest absolute Gasteiger partial charge is 0.0543 e. The van der Waals surface area contributed by atoms with Crippen LogP contribution >= 0.6 is 0 Å². The van der Waals surface area contributed by atoms with Crippen molar-refractivity contribution in [1.29, 1.82) is 0 Å². The summed E-state index contributed by atoms with van der Waals surface area (Å²) < 4.78 is 0. The van der Waals surface area contributed by atoms with Crippen LogP contribution < -0.4 is 4.90 Å². The zero-order valence-electron chi connectivity index (χ0n) is 29.3. The molecule has 0 bridgehead atoms. The van der Waals surface area contributed by atoms with Gasteiger partial charge in [-0.05, 0) is 96.2 Å². The van der Waals surface area contributed by atoms with Crippen LogP contribution in [0.25, 0.3) is 65.7 Å². The quantitative estimate of drug-likeness (QED) is 0.166. The molecule has 1 heteroatoms. The minimum absolute atomic E-state index is 0.241. The van der Waals surface area contributed by atoms with E-state index in [0.717, 1.165) is 11.4 Å². The van der Waals surface area contributed by atoms with E-state index in [9.17, 15) is 0 Å². The fourth-order valence-electron chi connectivity index (χ4n) is 8.86. The maximum Gasteiger partial charge on any atom is 0.0543 e. The average molecular weight is 664 g/mol. The maximum atomic E-state index is 2.51. The lowest BCUT2D eigenvalue weighted by Crippen LogP contribution is -2.17. The summed E-state index contributed by atoms with van der Waals surface area (Å²) in [6, 6.07) is 68.9. The van der Waals surface area contributed by atoms with Gasteiger partial charge in [0.25, 0.3) is 0 Å². The molecule has 10 rings (SSSR count). The van der Waals surface area contributed by atoms with Gasteiger partial charge in [0.05, 0.1) is 11.4 Å². The highest BCUT2D eigenvalue weighted by molar-refractivity contribution is 6.22. The lowest BCUT2D eigenvalue weighted by molar-refractivity contribution is 0.667. The lowest BCUT2D eigenvalue weighted by atomic mass is 9.79. The van der Waals surface area contributed by atoms with Gasteiger partial charge >= 0.3 is 0 Å². The molecule has 1 nitrogen and oxygen atoms in total. The Kier molecular flexibility index (Phi) is 6.91. The highest BCUT2D eigenvalue weighted by Crippen LogP contribution is 2.58. The lowest BCUT2D eigenvalue weighted by Gasteiger charge is -2.31. The van der Waals surface area contributed by atoms with Crippen LogP contribution in [0.4, 0.5) is 17.1 Å². The van der Waals surface area contributed by atoms with Gasteiger partial charge < -0.3 is 4.90 Å². The zero-order valence-corrected chi connectivity index (χ0v) is 29.3. The molecule has 0 aromatic heterocycles. The standard InChI is InChI=1S/C51H37N/c1-51(2)45-33-47(40-26-14-16-28-42(40)48(45)49-41-27-15-12-24-38(41)39-25-13-17-29-43(39)50(49)51)52(37-22-10-5-11-23-37)46-31-30-36(34-18-6-3-7-19-34)32-44(46)35-20-8-4-9-21-35/h3-33H,1-2H3. The SMILES string of the molecule is CC1(C)c2cc(N(c3ccccc3)c3ccc(-c4ccccc4)cc3-c3ccccc3)c3ccccc3c2-c2c1c1ccccc1c1ccccc21. The molecule has 52 heavy (non-hydrogen) atoms. The van der Waals surface area contributed by atoms with Gasteiger partial charge in [0, 0.05) is 22.1 Å². The fourth-order valence-corrected chi connectivity index (χ4v) is 8.86. The summed E-state index contributed by atoms with van der Waals surface area (Å²) in [6.07, 6.45) is 0. The Hall–Kier alpha value is -6.44. The number of benzene rings is 9. The Labute approximate surface area is 305 Å². The summed E-state index contributed by atoms with van der Waals surface area (Å²) in [6.45, 7) is 4.85. The van der Waals surface area contributed by atoms with Crippen LogP contribution in [-0.2, 0) is 5.41 Å². The minimum Gasteiger partial charge on any atom is -0.309 e. The van der Waals surface area contributed by atoms with E-state index in [4.69, 9.17) is 0 Å². The molecule has 246 valence electrons. The van der Waals surface area contributed by atoms with E-state index in [0.29, 0.717) is 0 Å². The van der Waals surface area contributed by atoms with E-state index in [1.807, 2.05) is 0 Å². The van der Waals surface area contributed by atoms with E-state index >= 15 is 0 Å². The third-order valence-corrected chi connectivity index (χ3v) is 11.2. The van der Waals surface area contributed by atoms with Crippen molar-refractivity contribution in [3.8, 4) is 33.4 Å². The van der Waals surface area contributed by atoms with Crippen LogP contribution in [-0.4, -0.2) is 0 Å². The molecule has 9 aromatic rings. The third kappa shape index (κ3) is 4.56. The van der Waals surface area contributed by atoms with Gasteiger partial charge in [0.2, 0.25) is 0 Å². The Balaban J connectivity index is 1.31. The Morgan fingerprint density at radius 2 is 0.865 bits per heavy atom. The van der Waals surface area contributed by atoms with Crippen molar-refractivity contribution < 1.29 is 0 Å². The van der Waals surface area contributed by atoms with Crippen LogP contribution in [0.5, 0.6) is 0 Å². The van der Waals surface area contributed by atoms with Crippen molar-refractivity contribution in [3.05, 3.63) is 199 Å². The number of nitrogens with zero attached hydrogens (tertiary/aromatic N) is 1. The predicted octanol–water partition coefficient (Wildman–Crippen LogP) is 14.3. The summed E-state index contributed by atoms with van der Waals surface area (Å²) in [4.78, 5) is 2.50. The topological polar surface area (TPSA) is 3.24 Å².